The Kier molecular flexibility index (Phi) is 8.09. The average Bonchev–Trinajstić information content (AvgIpc) is 3.27. The van der Waals surface area contributed by atoms with Crippen molar-refractivity contribution < 1.29 is 19.1 Å². The predicted molar refractivity (Wildman–Crippen MR) is 132 cm³/mol. The highest BCUT2D eigenvalue weighted by atomic mass is 32.2. The predicted octanol–water partition coefficient (Wildman–Crippen LogP) is 5.45. The molecular weight excluding hydrogens is 432 g/mol. The topological polar surface area (TPSA) is 62.5 Å². The molecule has 5 heteroatoms. The molecule has 1 aromatic heterocycles. The van der Waals surface area contributed by atoms with Crippen LogP contribution >= 0.6 is 11.8 Å². The summed E-state index contributed by atoms with van der Waals surface area (Å²) in [5.74, 6) is 1.77. The van der Waals surface area contributed by atoms with E-state index in [1.54, 1.807) is 12.3 Å². The highest BCUT2D eigenvalue weighted by Gasteiger charge is 2.14. The Morgan fingerprint density at radius 1 is 0.909 bits per heavy atom. The zero-order valence-corrected chi connectivity index (χ0v) is 19.3. The number of carboxylic acids is 1. The lowest BCUT2D eigenvalue weighted by atomic mass is 9.89. The molecule has 0 saturated carbocycles. The maximum atomic E-state index is 10.7. The number of hydrogen-bond donors (Lipinski definition) is 0. The van der Waals surface area contributed by atoms with E-state index >= 15 is 0 Å². The van der Waals surface area contributed by atoms with Gasteiger partial charge in [0, 0.05) is 11.3 Å². The lowest BCUT2D eigenvalue weighted by Gasteiger charge is -2.18. The Balaban J connectivity index is 1.28. The fraction of sp³-hybridized carbons (Fsp3) is 0.250. The van der Waals surface area contributed by atoms with Crippen molar-refractivity contribution in [2.45, 2.75) is 25.2 Å². The third kappa shape index (κ3) is 6.20. The molecule has 4 aromatic rings. The molecule has 0 aliphatic rings. The van der Waals surface area contributed by atoms with Crippen LogP contribution in [0, 0.1) is 0 Å². The van der Waals surface area contributed by atoms with Gasteiger partial charge in [-0.3, -0.25) is 0 Å². The van der Waals surface area contributed by atoms with Crippen molar-refractivity contribution >= 4 is 28.7 Å². The molecule has 0 bridgehead atoms. The van der Waals surface area contributed by atoms with Crippen LogP contribution in [0.3, 0.4) is 0 Å². The number of carbonyl (C=O) groups excluding carboxylic acids is 1. The van der Waals surface area contributed by atoms with Crippen molar-refractivity contribution in [1.29, 1.82) is 0 Å². The van der Waals surface area contributed by atoms with Crippen molar-refractivity contribution in [2.24, 2.45) is 0 Å². The quantitative estimate of drug-likeness (QED) is 0.264. The standard InChI is InChI=1S/C28H28O4S/c29-27(30)20-31-26-15-7-14-25-23(19-32-28(25)26)13-8-17-33-18-16-24(21-9-3-1-4-10-21)22-11-5-2-6-12-22/h1-7,9-12,14-15,19,24H,8,13,16-18,20H2,(H,29,30)/p-1. The van der Waals surface area contributed by atoms with Crippen LogP contribution in [0.5, 0.6) is 5.75 Å². The number of benzene rings is 3. The number of hydrogen-bond acceptors (Lipinski definition) is 5. The second-order valence-electron chi connectivity index (χ2n) is 7.93. The van der Waals surface area contributed by atoms with Gasteiger partial charge in [0.25, 0.3) is 0 Å². The summed E-state index contributed by atoms with van der Waals surface area (Å²) < 4.78 is 11.0. The van der Waals surface area contributed by atoms with Gasteiger partial charge in [0.05, 0.1) is 12.2 Å². The molecule has 1 heterocycles. The van der Waals surface area contributed by atoms with E-state index in [-0.39, 0.29) is 0 Å². The van der Waals surface area contributed by atoms with Gasteiger partial charge in [0.15, 0.2) is 11.3 Å². The summed E-state index contributed by atoms with van der Waals surface area (Å²) in [5.41, 5.74) is 4.45. The number of carbonyl (C=O) groups is 1. The van der Waals surface area contributed by atoms with E-state index in [4.69, 9.17) is 9.15 Å². The third-order valence-corrected chi connectivity index (χ3v) is 6.78. The average molecular weight is 460 g/mol. The Morgan fingerprint density at radius 3 is 2.27 bits per heavy atom. The van der Waals surface area contributed by atoms with E-state index in [9.17, 15) is 9.90 Å². The first-order valence-electron chi connectivity index (χ1n) is 11.2. The maximum absolute atomic E-state index is 10.7. The van der Waals surface area contributed by atoms with Crippen molar-refractivity contribution in [1.82, 2.24) is 0 Å². The lowest BCUT2D eigenvalue weighted by molar-refractivity contribution is -0.307. The van der Waals surface area contributed by atoms with Gasteiger partial charge in [-0.2, -0.15) is 11.8 Å². The molecule has 0 saturated heterocycles. The van der Waals surface area contributed by atoms with Gasteiger partial charge in [-0.15, -0.1) is 0 Å². The van der Waals surface area contributed by atoms with Crippen LogP contribution in [0.25, 0.3) is 11.0 Å². The van der Waals surface area contributed by atoms with E-state index in [1.165, 1.54) is 11.1 Å². The first-order valence-corrected chi connectivity index (χ1v) is 12.4. The number of para-hydroxylation sites is 1. The fourth-order valence-electron chi connectivity index (χ4n) is 4.09. The molecule has 0 N–H and O–H groups in total. The number of rotatable bonds is 12. The van der Waals surface area contributed by atoms with Gasteiger partial charge in [-0.25, -0.2) is 0 Å². The first-order chi connectivity index (χ1) is 16.2. The summed E-state index contributed by atoms with van der Waals surface area (Å²) in [4.78, 5) is 10.7. The van der Waals surface area contributed by atoms with Gasteiger partial charge in [0.2, 0.25) is 0 Å². The number of fused-ring (bicyclic) bond motifs is 1. The van der Waals surface area contributed by atoms with E-state index in [0.29, 0.717) is 17.3 Å². The molecule has 4 nitrogen and oxygen atoms in total. The van der Waals surface area contributed by atoms with E-state index < -0.39 is 12.6 Å². The SMILES string of the molecule is O=C([O-])COc1cccc2c(CCCSCCC(c3ccccc3)c3ccccc3)coc12. The maximum Gasteiger partial charge on any atom is 0.175 e. The van der Waals surface area contributed by atoms with Crippen molar-refractivity contribution in [3.8, 4) is 5.75 Å². The Labute approximate surface area is 198 Å². The molecule has 0 amide bonds. The minimum absolute atomic E-state index is 0.414. The smallest absolute Gasteiger partial charge is 0.175 e. The summed E-state index contributed by atoms with van der Waals surface area (Å²) in [6.45, 7) is -0.487. The van der Waals surface area contributed by atoms with Crippen LogP contribution in [-0.4, -0.2) is 24.1 Å². The summed E-state index contributed by atoms with van der Waals surface area (Å²) in [7, 11) is 0. The highest BCUT2D eigenvalue weighted by Crippen LogP contribution is 2.31. The Morgan fingerprint density at radius 2 is 1.61 bits per heavy atom. The van der Waals surface area contributed by atoms with Crippen LogP contribution in [-0.2, 0) is 11.2 Å². The number of furan rings is 1. The third-order valence-electron chi connectivity index (χ3n) is 5.68. The minimum Gasteiger partial charge on any atom is -0.546 e. The van der Waals surface area contributed by atoms with E-state index in [1.807, 2.05) is 23.9 Å². The number of ether oxygens (including phenoxy) is 1. The molecular formula is C28H27O4S-. The van der Waals surface area contributed by atoms with Crippen molar-refractivity contribution in [2.75, 3.05) is 18.1 Å². The number of carboxylic acid groups (broad SMARTS) is 1. The molecule has 0 aliphatic carbocycles. The van der Waals surface area contributed by atoms with E-state index in [2.05, 4.69) is 60.7 Å². The van der Waals surface area contributed by atoms with Crippen molar-refractivity contribution in [3.63, 3.8) is 0 Å². The highest BCUT2D eigenvalue weighted by molar-refractivity contribution is 7.99. The Hall–Kier alpha value is -3.18. The van der Waals surface area contributed by atoms with Gasteiger partial charge < -0.3 is 19.1 Å². The normalized spacial score (nSPS) is 11.2. The first kappa shape index (κ1) is 23.0. The molecule has 0 aliphatic heterocycles. The number of aliphatic carboxylic acids is 1. The number of thioether (sulfide) groups is 1. The summed E-state index contributed by atoms with van der Waals surface area (Å²) in [6.07, 6.45) is 4.81. The molecule has 0 radical (unpaired) electrons. The number of aryl methyl sites for hydroxylation is 1. The molecule has 0 fully saturated rings. The zero-order valence-electron chi connectivity index (χ0n) is 18.4. The molecule has 0 unspecified atom stereocenters. The molecule has 170 valence electrons. The van der Waals surface area contributed by atoms with Crippen LogP contribution in [0.15, 0.2) is 89.5 Å². The van der Waals surface area contributed by atoms with Crippen LogP contribution in [0.2, 0.25) is 0 Å². The Bertz CT molecular complexity index is 1110. The summed E-state index contributed by atoms with van der Waals surface area (Å²) in [6, 6.07) is 27.0. The molecule has 0 atom stereocenters. The van der Waals surface area contributed by atoms with Gasteiger partial charge in [0.1, 0.15) is 6.61 Å². The second-order valence-corrected chi connectivity index (χ2v) is 9.16. The molecule has 33 heavy (non-hydrogen) atoms. The van der Waals surface area contributed by atoms with Gasteiger partial charge in [-0.05, 0) is 53.5 Å². The van der Waals surface area contributed by atoms with Crippen molar-refractivity contribution in [3.05, 3.63) is 102 Å². The minimum atomic E-state index is -1.25. The molecule has 4 rings (SSSR count). The van der Waals surface area contributed by atoms with Crippen LogP contribution < -0.4 is 9.84 Å². The zero-order chi connectivity index (χ0) is 22.9. The van der Waals surface area contributed by atoms with Gasteiger partial charge in [-0.1, -0.05) is 72.8 Å². The van der Waals surface area contributed by atoms with E-state index in [0.717, 1.165) is 41.7 Å². The largest absolute Gasteiger partial charge is 0.546 e. The summed E-state index contributed by atoms with van der Waals surface area (Å²) >= 11 is 1.99. The molecule has 0 spiro atoms. The lowest BCUT2D eigenvalue weighted by Crippen LogP contribution is -2.28. The summed E-state index contributed by atoms with van der Waals surface area (Å²) in [5, 5.41) is 11.7. The molecule has 3 aromatic carbocycles. The van der Waals surface area contributed by atoms with Crippen LogP contribution in [0.4, 0.5) is 0 Å². The van der Waals surface area contributed by atoms with Gasteiger partial charge >= 0.3 is 0 Å². The second kappa shape index (κ2) is 11.6. The fourth-order valence-corrected chi connectivity index (χ4v) is 5.05. The monoisotopic (exact) mass is 459 g/mol. The van der Waals surface area contributed by atoms with Crippen LogP contribution in [0.1, 0.15) is 35.4 Å².